The highest BCUT2D eigenvalue weighted by molar-refractivity contribution is 5.87. The maximum absolute atomic E-state index is 10.8. The third-order valence-corrected chi connectivity index (χ3v) is 5.36. The third kappa shape index (κ3) is 3.85. The normalized spacial score (nSPS) is 13.6. The largest absolute Gasteiger partial charge is 0.504 e. The van der Waals surface area contributed by atoms with Crippen LogP contribution in [0.4, 0.5) is 0 Å². The van der Waals surface area contributed by atoms with Gasteiger partial charge in [-0.1, -0.05) is 11.6 Å². The fourth-order valence-electron chi connectivity index (χ4n) is 4.03. The van der Waals surface area contributed by atoms with Crippen LogP contribution in [0.15, 0.2) is 29.8 Å². The minimum atomic E-state index is 0.0563. The van der Waals surface area contributed by atoms with E-state index in [2.05, 4.69) is 0 Å². The van der Waals surface area contributed by atoms with Crippen LogP contribution in [0, 0.1) is 0 Å². The van der Waals surface area contributed by atoms with Crippen molar-refractivity contribution in [1.29, 1.82) is 0 Å². The van der Waals surface area contributed by atoms with Gasteiger partial charge in [0.25, 0.3) is 0 Å². The molecule has 0 radical (unpaired) electrons. The van der Waals surface area contributed by atoms with Crippen LogP contribution in [0.2, 0.25) is 0 Å². The van der Waals surface area contributed by atoms with E-state index in [1.165, 1.54) is 0 Å². The highest BCUT2D eigenvalue weighted by atomic mass is 16.5. The molecule has 6 heteroatoms. The molecule has 1 aliphatic carbocycles. The Morgan fingerprint density at radius 2 is 1.52 bits per heavy atom. The first-order chi connectivity index (χ1) is 14.1. The van der Waals surface area contributed by atoms with E-state index in [9.17, 15) is 10.2 Å². The van der Waals surface area contributed by atoms with Crippen molar-refractivity contribution in [2.45, 2.75) is 25.7 Å². The molecule has 0 saturated heterocycles. The molecular formula is C23H28O6. The van der Waals surface area contributed by atoms with Crippen LogP contribution in [-0.4, -0.2) is 45.3 Å². The average molecular weight is 400 g/mol. The van der Waals surface area contributed by atoms with Gasteiger partial charge in [-0.2, -0.15) is 0 Å². The van der Waals surface area contributed by atoms with Gasteiger partial charge in [0, 0.05) is 12.2 Å². The Kier molecular flexibility index (Phi) is 6.54. The summed E-state index contributed by atoms with van der Waals surface area (Å²) in [5.41, 5.74) is 4.77. The van der Waals surface area contributed by atoms with Crippen molar-refractivity contribution in [3.05, 3.63) is 46.5 Å². The van der Waals surface area contributed by atoms with E-state index in [0.29, 0.717) is 29.4 Å². The van der Waals surface area contributed by atoms with Gasteiger partial charge in [0.1, 0.15) is 0 Å². The zero-order valence-electron chi connectivity index (χ0n) is 17.4. The van der Waals surface area contributed by atoms with Gasteiger partial charge in [-0.05, 0) is 60.6 Å². The van der Waals surface area contributed by atoms with E-state index in [1.54, 1.807) is 34.5 Å². The van der Waals surface area contributed by atoms with Gasteiger partial charge in [-0.3, -0.25) is 0 Å². The van der Waals surface area contributed by atoms with Crippen molar-refractivity contribution in [2.24, 2.45) is 0 Å². The van der Waals surface area contributed by atoms with Crippen molar-refractivity contribution in [1.82, 2.24) is 0 Å². The number of benzene rings is 2. The number of fused-ring (bicyclic) bond motifs is 1. The van der Waals surface area contributed by atoms with Crippen LogP contribution in [0.3, 0.4) is 0 Å². The third-order valence-electron chi connectivity index (χ3n) is 5.36. The average Bonchev–Trinajstić information content (AvgIpc) is 2.93. The molecule has 0 amide bonds. The second-order valence-electron chi connectivity index (χ2n) is 6.86. The zero-order chi connectivity index (χ0) is 21.0. The molecule has 6 nitrogen and oxygen atoms in total. The molecule has 0 aromatic heterocycles. The van der Waals surface area contributed by atoms with Crippen molar-refractivity contribution in [2.75, 3.05) is 35.0 Å². The molecule has 0 saturated carbocycles. The highest BCUT2D eigenvalue weighted by Crippen LogP contribution is 2.46. The van der Waals surface area contributed by atoms with Crippen LogP contribution < -0.4 is 18.9 Å². The lowest BCUT2D eigenvalue weighted by Crippen LogP contribution is -2.01. The number of phenolic OH excluding ortho intramolecular Hbond substituents is 1. The van der Waals surface area contributed by atoms with E-state index in [4.69, 9.17) is 18.9 Å². The molecule has 2 N–H and O–H groups in total. The molecule has 0 fully saturated rings. The predicted octanol–water partition coefficient (Wildman–Crippen LogP) is 3.95. The van der Waals surface area contributed by atoms with E-state index in [-0.39, 0.29) is 12.4 Å². The Labute approximate surface area is 171 Å². The molecule has 3 rings (SSSR count). The minimum absolute atomic E-state index is 0.0563. The van der Waals surface area contributed by atoms with E-state index in [0.717, 1.165) is 47.1 Å². The number of aromatic hydroxyl groups is 1. The summed E-state index contributed by atoms with van der Waals surface area (Å²) in [6.07, 6.45) is 2.97. The Hall–Kier alpha value is -2.86. The standard InChI is InChI=1S/C23H28O6/c1-26-18-9-8-16-17(22(18)25)7-5-6-14(10-11-24)21(16)15-12-19(27-2)23(29-4)20(13-15)28-3/h8-9,12-13,24-25H,5-7,10-11H2,1-4H3. The molecule has 0 spiro atoms. The van der Waals surface area contributed by atoms with Gasteiger partial charge in [0.2, 0.25) is 5.75 Å². The topological polar surface area (TPSA) is 77.4 Å². The SMILES string of the molecule is COc1ccc2c(c1O)CCCC(CCO)=C2c1cc(OC)c(OC)c(OC)c1. The number of aliphatic hydroxyl groups is 1. The fraction of sp³-hybridized carbons (Fsp3) is 0.391. The van der Waals surface area contributed by atoms with Gasteiger partial charge < -0.3 is 29.2 Å². The van der Waals surface area contributed by atoms with Gasteiger partial charge in [0.05, 0.1) is 28.4 Å². The summed E-state index contributed by atoms with van der Waals surface area (Å²) in [5, 5.41) is 20.4. The fourth-order valence-corrected chi connectivity index (χ4v) is 4.03. The number of aliphatic hydroxyl groups excluding tert-OH is 1. The van der Waals surface area contributed by atoms with Crippen LogP contribution in [0.1, 0.15) is 36.0 Å². The Balaban J connectivity index is 2.31. The van der Waals surface area contributed by atoms with E-state index in [1.807, 2.05) is 18.2 Å². The zero-order valence-corrected chi connectivity index (χ0v) is 17.4. The van der Waals surface area contributed by atoms with E-state index >= 15 is 0 Å². The molecule has 29 heavy (non-hydrogen) atoms. The Morgan fingerprint density at radius 3 is 2.07 bits per heavy atom. The molecule has 2 aromatic rings. The number of ether oxygens (including phenoxy) is 4. The molecule has 0 heterocycles. The van der Waals surface area contributed by atoms with Crippen LogP contribution in [0.25, 0.3) is 5.57 Å². The Morgan fingerprint density at radius 1 is 0.862 bits per heavy atom. The van der Waals surface area contributed by atoms with Crippen LogP contribution in [-0.2, 0) is 6.42 Å². The van der Waals surface area contributed by atoms with Crippen molar-refractivity contribution >= 4 is 5.57 Å². The first-order valence-electron chi connectivity index (χ1n) is 9.62. The number of rotatable bonds is 7. The molecule has 0 bridgehead atoms. The highest BCUT2D eigenvalue weighted by Gasteiger charge is 2.25. The lowest BCUT2D eigenvalue weighted by Gasteiger charge is -2.20. The molecule has 0 aliphatic heterocycles. The first-order valence-corrected chi connectivity index (χ1v) is 9.62. The monoisotopic (exact) mass is 400 g/mol. The summed E-state index contributed by atoms with van der Waals surface area (Å²) >= 11 is 0. The number of hydrogen-bond acceptors (Lipinski definition) is 6. The molecule has 2 aromatic carbocycles. The number of hydrogen-bond donors (Lipinski definition) is 2. The van der Waals surface area contributed by atoms with Gasteiger partial charge >= 0.3 is 0 Å². The minimum Gasteiger partial charge on any atom is -0.504 e. The van der Waals surface area contributed by atoms with Gasteiger partial charge in [0.15, 0.2) is 23.0 Å². The second kappa shape index (κ2) is 9.09. The Bertz CT molecular complexity index is 891. The van der Waals surface area contributed by atoms with Crippen molar-refractivity contribution < 1.29 is 29.2 Å². The number of phenols is 1. The van der Waals surface area contributed by atoms with Gasteiger partial charge in [-0.15, -0.1) is 0 Å². The van der Waals surface area contributed by atoms with Gasteiger partial charge in [-0.25, -0.2) is 0 Å². The summed E-state index contributed by atoms with van der Waals surface area (Å²) in [4.78, 5) is 0. The molecule has 0 unspecified atom stereocenters. The van der Waals surface area contributed by atoms with E-state index < -0.39 is 0 Å². The molecule has 1 aliphatic rings. The summed E-state index contributed by atoms with van der Waals surface area (Å²) in [6.45, 7) is 0.0563. The smallest absolute Gasteiger partial charge is 0.203 e. The summed E-state index contributed by atoms with van der Waals surface area (Å²) < 4.78 is 21.8. The molecular weight excluding hydrogens is 372 g/mol. The number of methoxy groups -OCH3 is 4. The predicted molar refractivity (Wildman–Crippen MR) is 111 cm³/mol. The van der Waals surface area contributed by atoms with Crippen LogP contribution >= 0.6 is 0 Å². The lowest BCUT2D eigenvalue weighted by molar-refractivity contribution is 0.298. The summed E-state index contributed by atoms with van der Waals surface area (Å²) in [5.74, 6) is 2.26. The van der Waals surface area contributed by atoms with Crippen molar-refractivity contribution in [3.63, 3.8) is 0 Å². The maximum Gasteiger partial charge on any atom is 0.203 e. The summed E-state index contributed by atoms with van der Waals surface area (Å²) in [7, 11) is 6.29. The van der Waals surface area contributed by atoms with Crippen molar-refractivity contribution in [3.8, 4) is 28.7 Å². The first kappa shape index (κ1) is 20.9. The lowest BCUT2D eigenvalue weighted by atomic mass is 9.89. The molecule has 156 valence electrons. The quantitative estimate of drug-likeness (QED) is 0.733. The maximum atomic E-state index is 10.8. The van der Waals surface area contributed by atoms with Crippen LogP contribution in [0.5, 0.6) is 28.7 Å². The second-order valence-corrected chi connectivity index (χ2v) is 6.86. The molecule has 0 atom stereocenters. The summed E-state index contributed by atoms with van der Waals surface area (Å²) in [6, 6.07) is 7.55.